The van der Waals surface area contributed by atoms with Gasteiger partial charge in [0.2, 0.25) is 0 Å². The minimum atomic E-state index is -0.966. The van der Waals surface area contributed by atoms with E-state index in [0.717, 1.165) is 18.4 Å². The number of Topliss-reactive ketones (excluding diaryl/α,β-unsaturated/α-hetero) is 1. The van der Waals surface area contributed by atoms with Crippen LogP contribution >= 0.6 is 0 Å². The van der Waals surface area contributed by atoms with Crippen molar-refractivity contribution in [3.05, 3.63) is 59.9 Å². The quantitative estimate of drug-likeness (QED) is 0.663. The van der Waals surface area contributed by atoms with E-state index in [1.807, 2.05) is 6.92 Å². The van der Waals surface area contributed by atoms with Crippen LogP contribution in [0.5, 0.6) is 5.75 Å². The molecule has 0 radical (unpaired) electrons. The molecule has 0 spiro atoms. The number of allylic oxidation sites excluding steroid dienone is 4. The van der Waals surface area contributed by atoms with Gasteiger partial charge in [0.15, 0.2) is 5.78 Å². The number of hydrogen-bond donors (Lipinski definition) is 3. The van der Waals surface area contributed by atoms with E-state index in [1.165, 1.54) is 24.0 Å². The van der Waals surface area contributed by atoms with Gasteiger partial charge in [-0.3, -0.25) is 4.79 Å². The Hall–Kier alpha value is -2.37. The second-order valence-electron chi connectivity index (χ2n) is 9.10. The maximum atomic E-state index is 13.4. The van der Waals surface area contributed by atoms with Gasteiger partial charge in [-0.15, -0.1) is 0 Å². The maximum Gasteiger partial charge on any atom is 0.175 e. The maximum absolute atomic E-state index is 13.4. The van der Waals surface area contributed by atoms with Crippen LogP contribution in [-0.4, -0.2) is 39.4 Å². The first-order valence-corrected chi connectivity index (χ1v) is 10.7. The van der Waals surface area contributed by atoms with Crippen molar-refractivity contribution in [2.45, 2.75) is 51.4 Å². The number of phenols is 1. The van der Waals surface area contributed by atoms with Gasteiger partial charge in [0.05, 0.1) is 30.0 Å². The predicted molar refractivity (Wildman–Crippen MR) is 114 cm³/mol. The third kappa shape index (κ3) is 3.61. The van der Waals surface area contributed by atoms with Crippen LogP contribution in [0.25, 0.3) is 5.57 Å². The number of benzene rings is 1. The molecule has 5 heteroatoms. The summed E-state index contributed by atoms with van der Waals surface area (Å²) < 4.78 is 6.10. The van der Waals surface area contributed by atoms with Crippen molar-refractivity contribution in [1.82, 2.24) is 0 Å². The molecule has 1 aromatic rings. The van der Waals surface area contributed by atoms with Crippen molar-refractivity contribution in [2.24, 2.45) is 23.7 Å². The van der Waals surface area contributed by atoms with Gasteiger partial charge in [-0.25, -0.2) is 0 Å². The highest BCUT2D eigenvalue weighted by Crippen LogP contribution is 2.48. The summed E-state index contributed by atoms with van der Waals surface area (Å²) in [6, 6.07) is 6.36. The number of ketones is 1. The van der Waals surface area contributed by atoms with Crippen molar-refractivity contribution >= 4 is 11.4 Å². The van der Waals surface area contributed by atoms with E-state index in [4.69, 9.17) is 4.74 Å². The molecule has 7 atom stereocenters. The smallest absolute Gasteiger partial charge is 0.175 e. The third-order valence-corrected chi connectivity index (χ3v) is 7.03. The fourth-order valence-electron chi connectivity index (χ4n) is 5.50. The number of aliphatic hydroxyl groups excluding tert-OH is 2. The van der Waals surface area contributed by atoms with Crippen LogP contribution in [0.3, 0.4) is 0 Å². The van der Waals surface area contributed by atoms with Gasteiger partial charge in [0.25, 0.3) is 0 Å². The molecule has 1 aromatic carbocycles. The molecule has 0 saturated heterocycles. The molecule has 2 aliphatic carbocycles. The molecule has 1 saturated carbocycles. The summed E-state index contributed by atoms with van der Waals surface area (Å²) in [6.07, 6.45) is 3.47. The number of carbonyl (C=O) groups excluding carboxylic acids is 1. The SMILES string of the molecule is C=C(C)C1CCC(C)=CC1C1C(O)CC(O)C2C(=O)C(c3ccc(O)cc3)=COC21. The summed E-state index contributed by atoms with van der Waals surface area (Å²) in [4.78, 5) is 13.4. The molecule has 0 amide bonds. The summed E-state index contributed by atoms with van der Waals surface area (Å²) in [5.41, 5.74) is 3.37. The van der Waals surface area contributed by atoms with Crippen LogP contribution in [0.1, 0.15) is 38.7 Å². The van der Waals surface area contributed by atoms with E-state index < -0.39 is 24.2 Å². The first-order chi connectivity index (χ1) is 14.3. The zero-order chi connectivity index (χ0) is 21.6. The summed E-state index contributed by atoms with van der Waals surface area (Å²) >= 11 is 0. The lowest BCUT2D eigenvalue weighted by molar-refractivity contribution is -0.155. The van der Waals surface area contributed by atoms with E-state index in [-0.39, 0.29) is 35.7 Å². The monoisotopic (exact) mass is 410 g/mol. The topological polar surface area (TPSA) is 87.0 Å². The normalized spacial score (nSPS) is 36.3. The third-order valence-electron chi connectivity index (χ3n) is 7.03. The molecular weight excluding hydrogens is 380 g/mol. The molecule has 160 valence electrons. The number of rotatable bonds is 3. The molecule has 0 bridgehead atoms. The molecule has 0 aromatic heterocycles. The van der Waals surface area contributed by atoms with Gasteiger partial charge in [-0.2, -0.15) is 0 Å². The van der Waals surface area contributed by atoms with Crippen LogP contribution in [-0.2, 0) is 9.53 Å². The molecule has 30 heavy (non-hydrogen) atoms. The molecule has 3 N–H and O–H groups in total. The van der Waals surface area contributed by atoms with Crippen LogP contribution in [0.2, 0.25) is 0 Å². The van der Waals surface area contributed by atoms with Crippen molar-refractivity contribution in [2.75, 3.05) is 0 Å². The van der Waals surface area contributed by atoms with E-state index in [0.29, 0.717) is 11.1 Å². The Morgan fingerprint density at radius 1 is 1.17 bits per heavy atom. The van der Waals surface area contributed by atoms with E-state index in [9.17, 15) is 20.1 Å². The Kier molecular flexibility index (Phi) is 5.60. The number of aromatic hydroxyl groups is 1. The van der Waals surface area contributed by atoms with Crippen molar-refractivity contribution < 1.29 is 24.9 Å². The lowest BCUT2D eigenvalue weighted by Crippen LogP contribution is -2.57. The average molecular weight is 411 g/mol. The zero-order valence-electron chi connectivity index (χ0n) is 17.5. The van der Waals surface area contributed by atoms with Crippen LogP contribution in [0.15, 0.2) is 54.3 Å². The highest BCUT2D eigenvalue weighted by molar-refractivity contribution is 6.22. The predicted octanol–water partition coefficient (Wildman–Crippen LogP) is 3.61. The fourth-order valence-corrected chi connectivity index (χ4v) is 5.50. The van der Waals surface area contributed by atoms with Gasteiger partial charge in [0.1, 0.15) is 11.9 Å². The molecule has 1 fully saturated rings. The molecular formula is C25H30O5. The highest BCUT2D eigenvalue weighted by atomic mass is 16.5. The van der Waals surface area contributed by atoms with Crippen molar-refractivity contribution in [3.63, 3.8) is 0 Å². The van der Waals surface area contributed by atoms with Gasteiger partial charge in [-0.05, 0) is 56.2 Å². The Bertz CT molecular complexity index is 897. The van der Waals surface area contributed by atoms with Crippen molar-refractivity contribution in [3.8, 4) is 5.75 Å². The molecule has 4 rings (SSSR count). The largest absolute Gasteiger partial charge is 0.508 e. The van der Waals surface area contributed by atoms with Crippen molar-refractivity contribution in [1.29, 1.82) is 0 Å². The lowest BCUT2D eigenvalue weighted by Gasteiger charge is -2.49. The number of phenolic OH excluding ortho intramolecular Hbond substituents is 1. The van der Waals surface area contributed by atoms with E-state index >= 15 is 0 Å². The van der Waals surface area contributed by atoms with Crippen LogP contribution < -0.4 is 0 Å². The number of fused-ring (bicyclic) bond motifs is 1. The summed E-state index contributed by atoms with van der Waals surface area (Å²) in [7, 11) is 0. The molecule has 7 unspecified atom stereocenters. The number of ether oxygens (including phenoxy) is 1. The van der Waals surface area contributed by atoms with Crippen LogP contribution in [0, 0.1) is 23.7 Å². The van der Waals surface area contributed by atoms with Gasteiger partial charge in [-0.1, -0.05) is 35.9 Å². The van der Waals surface area contributed by atoms with E-state index in [2.05, 4.69) is 19.6 Å². The second kappa shape index (κ2) is 8.05. The first kappa shape index (κ1) is 20.9. The number of hydrogen-bond acceptors (Lipinski definition) is 5. The summed E-state index contributed by atoms with van der Waals surface area (Å²) in [5.74, 6) is -0.851. The molecule has 3 aliphatic rings. The first-order valence-electron chi connectivity index (χ1n) is 10.7. The fraction of sp³-hybridized carbons (Fsp3) is 0.480. The Morgan fingerprint density at radius 3 is 2.53 bits per heavy atom. The number of aliphatic hydroxyl groups is 2. The zero-order valence-corrected chi connectivity index (χ0v) is 17.5. The minimum Gasteiger partial charge on any atom is -0.508 e. The second-order valence-corrected chi connectivity index (χ2v) is 9.10. The standard InChI is InChI=1S/C25H30O5/c1-13(2)17-9-4-14(3)10-18(17)22-20(27)11-21(28)23-24(29)19(12-30-25(22)23)15-5-7-16(26)8-6-15/h5-8,10,12,17-18,20-23,25-28H,1,4,9,11H2,2-3H3. The highest BCUT2D eigenvalue weighted by Gasteiger charge is 2.54. The Morgan fingerprint density at radius 2 is 1.87 bits per heavy atom. The minimum absolute atomic E-state index is 0.0164. The van der Waals surface area contributed by atoms with Gasteiger partial charge in [0, 0.05) is 12.3 Å². The molecule has 1 heterocycles. The molecule has 1 aliphatic heterocycles. The Labute approximate surface area is 177 Å². The van der Waals surface area contributed by atoms with Gasteiger partial charge >= 0.3 is 0 Å². The molecule has 5 nitrogen and oxygen atoms in total. The van der Waals surface area contributed by atoms with Gasteiger partial charge < -0.3 is 20.1 Å². The number of carbonyl (C=O) groups is 1. The summed E-state index contributed by atoms with van der Waals surface area (Å²) in [5, 5.41) is 31.2. The summed E-state index contributed by atoms with van der Waals surface area (Å²) in [6.45, 7) is 8.28. The Balaban J connectivity index is 1.71. The van der Waals surface area contributed by atoms with E-state index in [1.54, 1.807) is 12.1 Å². The average Bonchev–Trinajstić information content (AvgIpc) is 2.68. The van der Waals surface area contributed by atoms with Crippen LogP contribution in [0.4, 0.5) is 0 Å². The lowest BCUT2D eigenvalue weighted by atomic mass is 9.61.